The predicted molar refractivity (Wildman–Crippen MR) is 163 cm³/mol. The first kappa shape index (κ1) is 30.3. The molecule has 0 saturated heterocycles. The Morgan fingerprint density at radius 1 is 0.886 bits per heavy atom. The molecule has 10 heteroatoms. The monoisotopic (exact) mass is 599 g/mol. The van der Waals surface area contributed by atoms with Crippen molar-refractivity contribution >= 4 is 16.7 Å². The van der Waals surface area contributed by atoms with Crippen LogP contribution in [0.5, 0.6) is 23.0 Å². The zero-order chi connectivity index (χ0) is 31.4. The van der Waals surface area contributed by atoms with Gasteiger partial charge in [-0.3, -0.25) is 19.6 Å². The molecule has 3 aromatic heterocycles. The van der Waals surface area contributed by atoms with Crippen LogP contribution >= 0.6 is 0 Å². The molecule has 0 bridgehead atoms. The van der Waals surface area contributed by atoms with Crippen molar-refractivity contribution in [2.75, 3.05) is 14.2 Å². The standard InChI is InChI=1S/C34H31F2N3O5/c1-5-22(6-2)39-18-26(24-10-7-20(35)13-28(24)36)34(41)27(19-39)30(40)14-21-8-9-23(17-38-21)44-31-11-12-37-29-16-33(43-4)32(42-3)15-25(29)31/h7-13,15-19,22H,5-6,14H2,1-4H3. The number of carbonyl (C=O) groups is 1. The van der Waals surface area contributed by atoms with E-state index in [9.17, 15) is 18.4 Å². The van der Waals surface area contributed by atoms with Crippen LogP contribution in [0.3, 0.4) is 0 Å². The number of Topliss-reactive ketones (excluding diaryl/α,β-unsaturated/α-hetero) is 1. The zero-order valence-corrected chi connectivity index (χ0v) is 24.8. The quantitative estimate of drug-likeness (QED) is 0.147. The molecule has 226 valence electrons. The molecule has 0 saturated carbocycles. The molecule has 0 N–H and O–H groups in total. The van der Waals surface area contributed by atoms with E-state index in [2.05, 4.69) is 9.97 Å². The van der Waals surface area contributed by atoms with Gasteiger partial charge in [-0.1, -0.05) is 13.8 Å². The van der Waals surface area contributed by atoms with E-state index in [-0.39, 0.29) is 29.2 Å². The van der Waals surface area contributed by atoms with Crippen molar-refractivity contribution in [2.24, 2.45) is 0 Å². The van der Waals surface area contributed by atoms with Gasteiger partial charge in [-0.2, -0.15) is 0 Å². The average molecular weight is 600 g/mol. The summed E-state index contributed by atoms with van der Waals surface area (Å²) >= 11 is 0. The van der Waals surface area contributed by atoms with E-state index in [0.29, 0.717) is 39.6 Å². The fourth-order valence-electron chi connectivity index (χ4n) is 5.12. The Hall–Kier alpha value is -5.12. The number of hydrogen-bond acceptors (Lipinski definition) is 7. The van der Waals surface area contributed by atoms with Crippen LogP contribution in [0.1, 0.15) is 48.8 Å². The van der Waals surface area contributed by atoms with Gasteiger partial charge in [0.15, 0.2) is 22.7 Å². The minimum atomic E-state index is -0.875. The first-order valence-electron chi connectivity index (χ1n) is 14.1. The number of methoxy groups -OCH3 is 2. The van der Waals surface area contributed by atoms with Gasteiger partial charge < -0.3 is 18.8 Å². The van der Waals surface area contributed by atoms with E-state index < -0.39 is 22.8 Å². The van der Waals surface area contributed by atoms with Crippen molar-refractivity contribution in [1.82, 2.24) is 14.5 Å². The van der Waals surface area contributed by atoms with Crippen molar-refractivity contribution in [3.8, 4) is 34.1 Å². The number of fused-ring (bicyclic) bond motifs is 1. The SMILES string of the molecule is CCC(CC)n1cc(C(=O)Cc2ccc(Oc3ccnc4cc(OC)c(OC)cc34)cn2)c(=O)c(-c2ccc(F)cc2F)c1. The summed E-state index contributed by atoms with van der Waals surface area (Å²) in [6.45, 7) is 3.98. The minimum absolute atomic E-state index is 0.00390. The molecule has 3 heterocycles. The number of ether oxygens (including phenoxy) is 3. The third kappa shape index (κ3) is 6.15. The van der Waals surface area contributed by atoms with Crippen LogP contribution in [0.2, 0.25) is 0 Å². The maximum Gasteiger partial charge on any atom is 0.200 e. The van der Waals surface area contributed by atoms with Gasteiger partial charge in [0.25, 0.3) is 0 Å². The molecule has 5 rings (SSSR count). The molecule has 0 amide bonds. The smallest absolute Gasteiger partial charge is 0.200 e. The highest BCUT2D eigenvalue weighted by Crippen LogP contribution is 2.36. The van der Waals surface area contributed by atoms with Gasteiger partial charge in [0.1, 0.15) is 23.1 Å². The second-order valence-electron chi connectivity index (χ2n) is 10.2. The van der Waals surface area contributed by atoms with Crippen LogP contribution in [-0.4, -0.2) is 34.5 Å². The van der Waals surface area contributed by atoms with Gasteiger partial charge in [-0.05, 0) is 49.2 Å². The van der Waals surface area contributed by atoms with E-state index >= 15 is 0 Å². The van der Waals surface area contributed by atoms with E-state index in [1.165, 1.54) is 24.7 Å². The van der Waals surface area contributed by atoms with Crippen molar-refractivity contribution in [1.29, 1.82) is 0 Å². The largest absolute Gasteiger partial charge is 0.493 e. The third-order valence-electron chi connectivity index (χ3n) is 7.51. The molecule has 2 aromatic carbocycles. The highest BCUT2D eigenvalue weighted by molar-refractivity contribution is 5.98. The number of pyridine rings is 3. The van der Waals surface area contributed by atoms with Crippen LogP contribution in [0.4, 0.5) is 8.78 Å². The minimum Gasteiger partial charge on any atom is -0.493 e. The highest BCUT2D eigenvalue weighted by Gasteiger charge is 2.21. The lowest BCUT2D eigenvalue weighted by Crippen LogP contribution is -2.23. The number of benzene rings is 2. The van der Waals surface area contributed by atoms with Gasteiger partial charge in [0, 0.05) is 59.0 Å². The Balaban J connectivity index is 1.43. The lowest BCUT2D eigenvalue weighted by molar-refractivity contribution is 0.0990. The fraction of sp³-hybridized carbons (Fsp3) is 0.235. The number of rotatable bonds is 11. The number of halogens is 2. The van der Waals surface area contributed by atoms with Crippen LogP contribution in [0.25, 0.3) is 22.0 Å². The normalized spacial score (nSPS) is 11.2. The second kappa shape index (κ2) is 13.0. The van der Waals surface area contributed by atoms with Crippen molar-refractivity contribution in [3.05, 3.63) is 106 Å². The number of aromatic nitrogens is 3. The van der Waals surface area contributed by atoms with Crippen LogP contribution in [0.15, 0.2) is 78.1 Å². The first-order valence-corrected chi connectivity index (χ1v) is 14.1. The van der Waals surface area contributed by atoms with E-state index in [4.69, 9.17) is 14.2 Å². The fourth-order valence-corrected chi connectivity index (χ4v) is 5.12. The summed E-state index contributed by atoms with van der Waals surface area (Å²) in [5, 5.41) is 0.704. The van der Waals surface area contributed by atoms with E-state index in [1.54, 1.807) is 55.3 Å². The molecule has 0 spiro atoms. The lowest BCUT2D eigenvalue weighted by atomic mass is 9.99. The number of ketones is 1. The van der Waals surface area contributed by atoms with E-state index in [1.807, 2.05) is 13.8 Å². The Bertz CT molecular complexity index is 1890. The Morgan fingerprint density at radius 3 is 2.30 bits per heavy atom. The van der Waals surface area contributed by atoms with Crippen LogP contribution < -0.4 is 19.6 Å². The molecule has 5 aromatic rings. The summed E-state index contributed by atoms with van der Waals surface area (Å²) in [5.41, 5.74) is 0.283. The number of carbonyl (C=O) groups excluding carboxylic acids is 1. The molecule has 44 heavy (non-hydrogen) atoms. The molecule has 0 aliphatic carbocycles. The molecular weight excluding hydrogens is 568 g/mol. The summed E-state index contributed by atoms with van der Waals surface area (Å²) in [4.78, 5) is 35.7. The summed E-state index contributed by atoms with van der Waals surface area (Å²) in [6, 6.07) is 11.6. The molecule has 0 aliphatic heterocycles. The Kier molecular flexibility index (Phi) is 8.99. The molecule has 0 fully saturated rings. The van der Waals surface area contributed by atoms with Crippen molar-refractivity contribution < 1.29 is 27.8 Å². The van der Waals surface area contributed by atoms with Gasteiger partial charge in [0.2, 0.25) is 0 Å². The third-order valence-corrected chi connectivity index (χ3v) is 7.51. The van der Waals surface area contributed by atoms with Gasteiger partial charge in [-0.25, -0.2) is 8.78 Å². The van der Waals surface area contributed by atoms with Crippen molar-refractivity contribution in [3.63, 3.8) is 0 Å². The molecule has 0 aliphatic rings. The number of nitrogens with zero attached hydrogens (tertiary/aromatic N) is 3. The topological polar surface area (TPSA) is 92.5 Å². The molecule has 0 radical (unpaired) electrons. The molecule has 8 nitrogen and oxygen atoms in total. The van der Waals surface area contributed by atoms with Crippen LogP contribution in [-0.2, 0) is 6.42 Å². The Morgan fingerprint density at radius 2 is 1.64 bits per heavy atom. The van der Waals surface area contributed by atoms with Gasteiger partial charge >= 0.3 is 0 Å². The summed E-state index contributed by atoms with van der Waals surface area (Å²) in [5.74, 6) is -0.0863. The summed E-state index contributed by atoms with van der Waals surface area (Å²) in [7, 11) is 3.09. The molecular formula is C34H31F2N3O5. The predicted octanol–water partition coefficient (Wildman–Crippen LogP) is 7.33. The maximum absolute atomic E-state index is 14.7. The highest BCUT2D eigenvalue weighted by atomic mass is 19.1. The van der Waals surface area contributed by atoms with E-state index in [0.717, 1.165) is 25.0 Å². The number of hydrogen-bond donors (Lipinski definition) is 0. The van der Waals surface area contributed by atoms with Gasteiger partial charge in [-0.15, -0.1) is 0 Å². The second-order valence-corrected chi connectivity index (χ2v) is 10.2. The Labute approximate surface area is 252 Å². The zero-order valence-electron chi connectivity index (χ0n) is 24.8. The van der Waals surface area contributed by atoms with Crippen LogP contribution in [0, 0.1) is 11.6 Å². The summed E-state index contributed by atoms with van der Waals surface area (Å²) < 4.78 is 47.0. The lowest BCUT2D eigenvalue weighted by Gasteiger charge is -2.20. The molecule has 0 unspecified atom stereocenters. The van der Waals surface area contributed by atoms with Crippen molar-refractivity contribution in [2.45, 2.75) is 39.2 Å². The summed E-state index contributed by atoms with van der Waals surface area (Å²) in [6.07, 6.45) is 7.45. The first-order chi connectivity index (χ1) is 21.3. The maximum atomic E-state index is 14.7. The van der Waals surface area contributed by atoms with Gasteiger partial charge in [0.05, 0.1) is 37.9 Å². The molecule has 0 atom stereocenters. The average Bonchev–Trinajstić information content (AvgIpc) is 3.02.